The molecule has 19 rings (SSSR count). The lowest BCUT2D eigenvalue weighted by Gasteiger charge is -2.04. The summed E-state index contributed by atoms with van der Waals surface area (Å²) in [5, 5.41) is 0. The van der Waals surface area contributed by atoms with Gasteiger partial charge in [0.25, 0.3) is 0 Å². The van der Waals surface area contributed by atoms with Crippen LogP contribution in [0.4, 0.5) is 0 Å². The Labute approximate surface area is 519 Å². The first-order chi connectivity index (χ1) is 43.7. The average molecular weight is 1160 g/mol. The molecule has 0 N–H and O–H groups in total. The maximum atomic E-state index is 6.02. The molecule has 0 fully saturated rings. The molecule has 0 saturated heterocycles. The van der Waals surface area contributed by atoms with Gasteiger partial charge in [0, 0.05) is 30.4 Å². The van der Waals surface area contributed by atoms with Gasteiger partial charge in [-0.15, -0.1) is 9.25 Å². The van der Waals surface area contributed by atoms with Crippen LogP contribution in [0.25, 0.3) is 73.7 Å². The molecule has 5 aliphatic rings. The van der Waals surface area contributed by atoms with Gasteiger partial charge in [0.05, 0.1) is 67.7 Å². The Kier molecular flexibility index (Phi) is 14.0. The predicted octanol–water partition coefficient (Wildman–Crippen LogP) is 5.21. The fraction of sp³-hybridized carbons (Fsp3) is 0.111. The Balaban J connectivity index is 0.0000000950. The van der Waals surface area contributed by atoms with Crippen molar-refractivity contribution in [3.8, 4) is 73.7 Å². The molecular formula is C72H65B2N15+10. The third-order valence-electron chi connectivity index (χ3n) is 17.1. The zero-order chi connectivity index (χ0) is 60.1. The number of rotatable bonds is 4. The summed E-state index contributed by atoms with van der Waals surface area (Å²) in [5.41, 5.74) is 16.6. The topological polar surface area (TPSA) is 63.5 Å². The van der Waals surface area contributed by atoms with Crippen molar-refractivity contribution in [3.05, 3.63) is 309 Å². The first-order valence-corrected chi connectivity index (χ1v) is 30.0. The van der Waals surface area contributed by atoms with Crippen molar-refractivity contribution in [3.63, 3.8) is 0 Å². The summed E-state index contributed by atoms with van der Waals surface area (Å²) in [6, 6.07) is 67.3. The van der Waals surface area contributed by atoms with Gasteiger partial charge >= 0.3 is 45.1 Å². The molecule has 424 valence electrons. The van der Waals surface area contributed by atoms with Crippen molar-refractivity contribution in [2.24, 2.45) is 21.1 Å². The minimum absolute atomic E-state index is 0.861. The number of aryl methyl sites for hydroxylation is 3. The molecule has 0 aliphatic carbocycles. The predicted molar refractivity (Wildman–Crippen MR) is 333 cm³/mol. The zero-order valence-corrected chi connectivity index (χ0v) is 50.0. The highest BCUT2D eigenvalue weighted by atomic mass is 15.5. The van der Waals surface area contributed by atoms with E-state index in [0.29, 0.717) is 0 Å². The Bertz CT molecular complexity index is 4730. The van der Waals surface area contributed by atoms with Crippen molar-refractivity contribution in [1.82, 2.24) is 23.4 Å². The fourth-order valence-electron chi connectivity index (χ4n) is 13.1. The monoisotopic (exact) mass is 1160 g/mol. The van der Waals surface area contributed by atoms with Gasteiger partial charge in [-0.2, -0.15) is 0 Å². The standard InChI is InChI=1S/C22H19N3.C16H15N3.C15H12BN3.C10H11N3.C9H8BN3/c1-23-14-8-13-19-15-24-21(18-11-6-3-7-12-18)20(16-25(24)22(19)23)17-9-4-2-5-10-17;1-17-9-5-8-14-10-18-11-15(12-19(18)16(14)17)13-6-3-2-4-7-13;16-18-8-4-7-13-9-17-10-14(11-19(17)15(13)18)12-5-2-1-3-6-12;1-11-5-2-4-9-8-12-6-3-7-13(12)10(9)11;10-12-5-1-3-8-7-11-4-2-6-13(11)9(8)12/h2-14,16H,15H2,1H3;2-9,11-12H,10H2,1H3;1-8,10-11H,9H2;2-7H,8H2,1H3;1-6H,7H2/q5*+2. The van der Waals surface area contributed by atoms with Gasteiger partial charge in [0.1, 0.15) is 47.1 Å². The lowest BCUT2D eigenvalue weighted by atomic mass is 10.0. The summed E-state index contributed by atoms with van der Waals surface area (Å²) in [7, 11) is 18.1. The van der Waals surface area contributed by atoms with E-state index in [4.69, 9.17) is 16.0 Å². The molecule has 89 heavy (non-hydrogen) atoms. The lowest BCUT2D eigenvalue weighted by Crippen LogP contribution is -2.47. The lowest BCUT2D eigenvalue weighted by molar-refractivity contribution is -0.807. The van der Waals surface area contributed by atoms with E-state index in [1.165, 1.54) is 89.9 Å². The summed E-state index contributed by atoms with van der Waals surface area (Å²) in [4.78, 5) is 0. The molecule has 4 aromatic carbocycles. The first kappa shape index (κ1) is 54.5. The summed E-state index contributed by atoms with van der Waals surface area (Å²) in [6.07, 6.45) is 29.2. The van der Waals surface area contributed by atoms with E-state index < -0.39 is 0 Å². The number of nitrogens with zero attached hydrogens (tertiary/aromatic N) is 15. The van der Waals surface area contributed by atoms with E-state index >= 15 is 0 Å². The quantitative estimate of drug-likeness (QED) is 0.172. The van der Waals surface area contributed by atoms with Gasteiger partial charge in [0.2, 0.25) is 57.2 Å². The first-order valence-electron chi connectivity index (χ1n) is 30.0. The van der Waals surface area contributed by atoms with Crippen LogP contribution < -0.4 is 46.1 Å². The molecule has 0 bridgehead atoms. The maximum absolute atomic E-state index is 6.02. The van der Waals surface area contributed by atoms with Crippen LogP contribution in [0.3, 0.4) is 0 Å². The van der Waals surface area contributed by atoms with Gasteiger partial charge in [0.15, 0.2) is 31.0 Å². The SMILES string of the molecule is C[n+]1cccc2c1-[n+]1cc(-c3ccccc3)c(-c3ccccc3)n1C2.C[n+]1cccc2c1-n1cc(-c3ccccc3)c[n+]1C2.C[n+]1cccc2c1-n1ccc[n+]1C2.[B][n+]1cccc2c1-n1cc(-c3ccccc3)c[n+]1C2.[B][n+]1cccc2c1-n1ccc[n+]1C2. The average Bonchev–Trinajstić information content (AvgIpc) is 1.67. The number of pyridine rings is 5. The molecule has 10 aromatic heterocycles. The van der Waals surface area contributed by atoms with Crippen LogP contribution in [0.2, 0.25) is 0 Å². The van der Waals surface area contributed by atoms with E-state index in [2.05, 4.69) is 313 Å². The van der Waals surface area contributed by atoms with E-state index in [1.54, 1.807) is 8.96 Å². The van der Waals surface area contributed by atoms with Crippen LogP contribution in [0, 0.1) is 0 Å². The van der Waals surface area contributed by atoms with E-state index in [9.17, 15) is 0 Å². The van der Waals surface area contributed by atoms with Crippen LogP contribution in [-0.4, -0.2) is 39.4 Å². The Hall–Kier alpha value is -11.2. The molecule has 5 aliphatic heterocycles. The van der Waals surface area contributed by atoms with Crippen molar-refractivity contribution >= 4 is 16.0 Å². The largest absolute Gasteiger partial charge is 0.477 e. The summed E-state index contributed by atoms with van der Waals surface area (Å²) in [6.45, 7) is 4.58. The van der Waals surface area contributed by atoms with Crippen LogP contribution in [0.5, 0.6) is 0 Å². The van der Waals surface area contributed by atoms with Gasteiger partial charge in [-0.3, -0.25) is 8.96 Å². The van der Waals surface area contributed by atoms with Crippen molar-refractivity contribution in [2.45, 2.75) is 32.7 Å². The van der Waals surface area contributed by atoms with Crippen LogP contribution in [0.15, 0.2) is 281 Å². The zero-order valence-electron chi connectivity index (χ0n) is 50.0. The molecule has 4 radical (unpaired) electrons. The van der Waals surface area contributed by atoms with E-state index in [0.717, 1.165) is 44.4 Å². The van der Waals surface area contributed by atoms with Gasteiger partial charge < -0.3 is 0 Å². The minimum atomic E-state index is 0.861. The second kappa shape index (κ2) is 22.9. The molecule has 15 nitrogen and oxygen atoms in total. The van der Waals surface area contributed by atoms with Crippen molar-refractivity contribution in [2.75, 3.05) is 0 Å². The van der Waals surface area contributed by atoms with Crippen LogP contribution in [0.1, 0.15) is 27.8 Å². The van der Waals surface area contributed by atoms with Crippen molar-refractivity contribution < 1.29 is 46.1 Å². The molecule has 0 atom stereocenters. The molecular weight excluding hydrogens is 1100 g/mol. The van der Waals surface area contributed by atoms with Gasteiger partial charge in [-0.25, -0.2) is 9.13 Å². The maximum Gasteiger partial charge on any atom is 0.477 e. The highest BCUT2D eigenvalue weighted by molar-refractivity contribution is 5.95. The molecule has 0 amide bonds. The number of aromatic nitrogens is 15. The third kappa shape index (κ3) is 10.1. The number of hydrogen-bond donors (Lipinski definition) is 0. The molecule has 15 heterocycles. The highest BCUT2D eigenvalue weighted by Gasteiger charge is 2.41. The Morgan fingerprint density at radius 2 is 0.719 bits per heavy atom. The second-order valence-electron chi connectivity index (χ2n) is 22.9. The van der Waals surface area contributed by atoms with Gasteiger partial charge in [-0.05, 0) is 94.7 Å². The normalized spacial score (nSPS) is 12.3. The van der Waals surface area contributed by atoms with Crippen molar-refractivity contribution in [1.29, 1.82) is 0 Å². The number of fused-ring (bicyclic) bond motifs is 15. The molecule has 17 heteroatoms. The van der Waals surface area contributed by atoms with E-state index in [1.807, 2.05) is 49.1 Å². The van der Waals surface area contributed by atoms with Crippen LogP contribution in [-0.2, 0) is 53.9 Å². The molecule has 14 aromatic rings. The Morgan fingerprint density at radius 3 is 1.24 bits per heavy atom. The van der Waals surface area contributed by atoms with Crippen LogP contribution >= 0.6 is 0 Å². The summed E-state index contributed by atoms with van der Waals surface area (Å²) in [5.74, 6) is 5.84. The summed E-state index contributed by atoms with van der Waals surface area (Å²) >= 11 is 0. The molecule has 0 spiro atoms. The van der Waals surface area contributed by atoms with E-state index in [-0.39, 0.29) is 0 Å². The highest BCUT2D eigenvalue weighted by Crippen LogP contribution is 2.34. The molecule has 0 saturated carbocycles. The molecule has 0 unspecified atom stereocenters. The minimum Gasteiger partial charge on any atom is -0.297 e. The second-order valence-corrected chi connectivity index (χ2v) is 22.9. The Morgan fingerprint density at radius 1 is 0.326 bits per heavy atom. The number of hydrogen-bond acceptors (Lipinski definition) is 0. The smallest absolute Gasteiger partial charge is 0.297 e. The van der Waals surface area contributed by atoms with Gasteiger partial charge in [-0.1, -0.05) is 121 Å². The fourth-order valence-corrected chi connectivity index (χ4v) is 13.1. The number of benzene rings is 4. The third-order valence-corrected chi connectivity index (χ3v) is 17.1. The summed E-state index contributed by atoms with van der Waals surface area (Å²) < 4.78 is 31.8.